The van der Waals surface area contributed by atoms with Gasteiger partial charge < -0.3 is 5.32 Å². The van der Waals surface area contributed by atoms with Gasteiger partial charge in [0.05, 0.1) is 18.4 Å². The number of hydrogen-bond donors (Lipinski definition) is 1. The Kier molecular flexibility index (Phi) is 4.58. The lowest BCUT2D eigenvalue weighted by Gasteiger charge is -2.02. The van der Waals surface area contributed by atoms with Crippen molar-refractivity contribution in [2.24, 2.45) is 7.05 Å². The molecule has 0 radical (unpaired) electrons. The molecule has 0 unspecified atom stereocenters. The summed E-state index contributed by atoms with van der Waals surface area (Å²) in [6.07, 6.45) is 8.24. The number of aryl methyl sites for hydroxylation is 1. The average molecular weight is 325 g/mol. The molecule has 23 heavy (non-hydrogen) atoms. The van der Waals surface area contributed by atoms with Gasteiger partial charge in [0.25, 0.3) is 0 Å². The fourth-order valence-electron chi connectivity index (χ4n) is 2.01. The second-order valence-corrected chi connectivity index (χ2v) is 5.78. The first-order valence-corrected chi connectivity index (χ1v) is 7.89. The van der Waals surface area contributed by atoms with Gasteiger partial charge in [-0.2, -0.15) is 5.10 Å². The van der Waals surface area contributed by atoms with Crippen LogP contribution < -0.4 is 5.32 Å². The summed E-state index contributed by atoms with van der Waals surface area (Å²) >= 11 is 1.59. The monoisotopic (exact) mass is 325 g/mol. The topological polar surface area (TPSA) is 72.7 Å². The summed E-state index contributed by atoms with van der Waals surface area (Å²) in [5, 5.41) is 9.21. The zero-order valence-electron chi connectivity index (χ0n) is 12.5. The van der Waals surface area contributed by atoms with Gasteiger partial charge in [0.1, 0.15) is 11.4 Å². The maximum Gasteiger partial charge on any atom is 0.244 e. The predicted molar refractivity (Wildman–Crippen MR) is 89.4 cm³/mol. The molecule has 0 saturated heterocycles. The van der Waals surface area contributed by atoms with E-state index in [0.29, 0.717) is 12.2 Å². The molecule has 0 spiro atoms. The van der Waals surface area contributed by atoms with E-state index in [4.69, 9.17) is 0 Å². The molecule has 3 aromatic rings. The van der Waals surface area contributed by atoms with Crippen molar-refractivity contribution in [3.8, 4) is 11.4 Å². The van der Waals surface area contributed by atoms with Crippen molar-refractivity contribution in [3.63, 3.8) is 0 Å². The molecule has 1 N–H and O–H groups in total. The Morgan fingerprint density at radius 1 is 1.39 bits per heavy atom. The van der Waals surface area contributed by atoms with Crippen LogP contribution in [0.1, 0.15) is 10.6 Å². The highest BCUT2D eigenvalue weighted by atomic mass is 32.1. The molecule has 0 bridgehead atoms. The zero-order chi connectivity index (χ0) is 16.1. The van der Waals surface area contributed by atoms with Crippen LogP contribution in [-0.4, -0.2) is 25.7 Å². The maximum atomic E-state index is 11.9. The molecule has 3 heterocycles. The first-order chi connectivity index (χ1) is 11.2. The molecule has 0 fully saturated rings. The fourth-order valence-corrected chi connectivity index (χ4v) is 2.63. The van der Waals surface area contributed by atoms with E-state index in [9.17, 15) is 4.79 Å². The quantitative estimate of drug-likeness (QED) is 0.730. The largest absolute Gasteiger partial charge is 0.347 e. The number of carbonyl (C=O) groups excluding carboxylic acids is 1. The number of nitrogens with zero attached hydrogens (tertiary/aromatic N) is 4. The van der Waals surface area contributed by atoms with Crippen molar-refractivity contribution in [1.29, 1.82) is 0 Å². The number of aromatic nitrogens is 4. The van der Waals surface area contributed by atoms with Gasteiger partial charge in [-0.05, 0) is 23.6 Å². The smallest absolute Gasteiger partial charge is 0.244 e. The number of nitrogens with one attached hydrogen (secondary N) is 1. The van der Waals surface area contributed by atoms with Crippen LogP contribution in [0.3, 0.4) is 0 Å². The van der Waals surface area contributed by atoms with Crippen molar-refractivity contribution >= 4 is 23.3 Å². The summed E-state index contributed by atoms with van der Waals surface area (Å²) in [6, 6.07) is 5.81. The third kappa shape index (κ3) is 3.89. The van der Waals surface area contributed by atoms with Crippen LogP contribution in [0.5, 0.6) is 0 Å². The molecule has 0 aliphatic heterocycles. The minimum atomic E-state index is -0.138. The van der Waals surface area contributed by atoms with E-state index in [-0.39, 0.29) is 5.91 Å². The van der Waals surface area contributed by atoms with Crippen molar-refractivity contribution in [3.05, 3.63) is 58.8 Å². The van der Waals surface area contributed by atoms with E-state index >= 15 is 0 Å². The van der Waals surface area contributed by atoms with Crippen molar-refractivity contribution in [2.45, 2.75) is 6.54 Å². The lowest BCUT2D eigenvalue weighted by atomic mass is 10.3. The summed E-state index contributed by atoms with van der Waals surface area (Å²) < 4.78 is 1.73. The molecule has 0 atom stereocenters. The first kappa shape index (κ1) is 15.1. The van der Waals surface area contributed by atoms with Crippen LogP contribution in [0.4, 0.5) is 0 Å². The third-order valence-corrected chi connectivity index (χ3v) is 4.03. The molecule has 6 nitrogen and oxygen atoms in total. The molecule has 0 aromatic carbocycles. The molecule has 0 saturated carbocycles. The molecule has 116 valence electrons. The number of amides is 1. The Bertz CT molecular complexity index is 808. The second kappa shape index (κ2) is 6.97. The lowest BCUT2D eigenvalue weighted by molar-refractivity contribution is -0.116. The summed E-state index contributed by atoms with van der Waals surface area (Å²) in [7, 11) is 1.84. The highest BCUT2D eigenvalue weighted by molar-refractivity contribution is 7.10. The van der Waals surface area contributed by atoms with Crippen LogP contribution >= 0.6 is 11.3 Å². The predicted octanol–water partition coefficient (Wildman–Crippen LogP) is 2.27. The van der Waals surface area contributed by atoms with Gasteiger partial charge in [-0.3, -0.25) is 19.4 Å². The summed E-state index contributed by atoms with van der Waals surface area (Å²) in [5.74, 6) is -0.138. The van der Waals surface area contributed by atoms with Gasteiger partial charge in [0.2, 0.25) is 5.91 Å². The Balaban J connectivity index is 1.62. The molecule has 3 rings (SSSR count). The Morgan fingerprint density at radius 2 is 2.30 bits per heavy atom. The van der Waals surface area contributed by atoms with Crippen molar-refractivity contribution < 1.29 is 4.79 Å². The zero-order valence-corrected chi connectivity index (χ0v) is 13.3. The Labute approximate surface area is 137 Å². The van der Waals surface area contributed by atoms with Gasteiger partial charge in [0, 0.05) is 30.4 Å². The van der Waals surface area contributed by atoms with Gasteiger partial charge in [0.15, 0.2) is 0 Å². The standard InChI is InChI=1S/C16H15N5OS/c1-21-12(9-14(20-21)15-11-17-6-7-18-15)10-19-16(22)5-4-13-3-2-8-23-13/h2-9,11H,10H2,1H3,(H,19,22)/b5-4+. The first-order valence-electron chi connectivity index (χ1n) is 7.01. The van der Waals surface area contributed by atoms with E-state index in [2.05, 4.69) is 20.4 Å². The molecular weight excluding hydrogens is 310 g/mol. The summed E-state index contributed by atoms with van der Waals surface area (Å²) in [6.45, 7) is 0.400. The lowest BCUT2D eigenvalue weighted by Crippen LogP contribution is -2.21. The van der Waals surface area contributed by atoms with Crippen LogP contribution in [0, 0.1) is 0 Å². The molecular formula is C16H15N5OS. The summed E-state index contributed by atoms with van der Waals surface area (Å²) in [4.78, 5) is 21.2. The average Bonchev–Trinajstić information content (AvgIpc) is 3.21. The van der Waals surface area contributed by atoms with Gasteiger partial charge in [-0.1, -0.05) is 6.07 Å². The van der Waals surface area contributed by atoms with Crippen LogP contribution in [-0.2, 0) is 18.4 Å². The molecule has 0 aliphatic carbocycles. The van der Waals surface area contributed by atoms with Gasteiger partial charge >= 0.3 is 0 Å². The van der Waals surface area contributed by atoms with Crippen molar-refractivity contribution in [1.82, 2.24) is 25.1 Å². The fraction of sp³-hybridized carbons (Fsp3) is 0.125. The molecule has 1 amide bonds. The van der Waals surface area contributed by atoms with E-state index in [1.807, 2.05) is 30.6 Å². The van der Waals surface area contributed by atoms with E-state index in [1.165, 1.54) is 6.08 Å². The minimum Gasteiger partial charge on any atom is -0.347 e. The molecule has 7 heteroatoms. The minimum absolute atomic E-state index is 0.138. The number of thiophene rings is 1. The highest BCUT2D eigenvalue weighted by Gasteiger charge is 2.08. The van der Waals surface area contributed by atoms with E-state index < -0.39 is 0 Å². The van der Waals surface area contributed by atoms with E-state index in [0.717, 1.165) is 16.3 Å². The highest BCUT2D eigenvalue weighted by Crippen LogP contribution is 2.15. The summed E-state index contributed by atoms with van der Waals surface area (Å²) in [5.41, 5.74) is 2.33. The normalized spacial score (nSPS) is 11.0. The van der Waals surface area contributed by atoms with E-state index in [1.54, 1.807) is 40.7 Å². The number of rotatable bonds is 5. The number of carbonyl (C=O) groups is 1. The second-order valence-electron chi connectivity index (χ2n) is 4.80. The van der Waals surface area contributed by atoms with Crippen LogP contribution in [0.25, 0.3) is 17.5 Å². The maximum absolute atomic E-state index is 11.9. The third-order valence-electron chi connectivity index (χ3n) is 3.19. The number of hydrogen-bond acceptors (Lipinski definition) is 5. The van der Waals surface area contributed by atoms with Crippen LogP contribution in [0.2, 0.25) is 0 Å². The molecule has 3 aromatic heterocycles. The van der Waals surface area contributed by atoms with Crippen molar-refractivity contribution in [2.75, 3.05) is 0 Å². The SMILES string of the molecule is Cn1nc(-c2cnccn2)cc1CNC(=O)/C=C/c1cccs1. The Morgan fingerprint density at radius 3 is 3.04 bits per heavy atom. The van der Waals surface area contributed by atoms with Crippen LogP contribution in [0.15, 0.2) is 48.2 Å². The van der Waals surface area contributed by atoms with Gasteiger partial charge in [-0.15, -0.1) is 11.3 Å². The Hall–Kier alpha value is -2.80. The van der Waals surface area contributed by atoms with Gasteiger partial charge in [-0.25, -0.2) is 0 Å². The molecule has 0 aliphatic rings.